The molecular formula is C17H10Cl3N7S. The molecule has 0 fully saturated rings. The molecule has 7 nitrogen and oxygen atoms in total. The van der Waals surface area contributed by atoms with Crippen LogP contribution in [0.4, 0.5) is 5.95 Å². The first-order valence-electron chi connectivity index (χ1n) is 7.50. The Hall–Kier alpha value is -2.70. The van der Waals surface area contributed by atoms with Crippen molar-refractivity contribution in [3.63, 3.8) is 0 Å². The minimum absolute atomic E-state index is 0.00504. The van der Waals surface area contributed by atoms with Gasteiger partial charge in [0, 0.05) is 21.2 Å². The molecule has 5 N–H and O–H groups in total. The average Bonchev–Trinajstić information content (AvgIpc) is 3.03. The molecule has 0 amide bonds. The smallest absolute Gasteiger partial charge is 0.220 e. The van der Waals surface area contributed by atoms with Gasteiger partial charge >= 0.3 is 0 Å². The maximum Gasteiger partial charge on any atom is 0.220 e. The van der Waals surface area contributed by atoms with Crippen molar-refractivity contribution >= 4 is 64.3 Å². The minimum atomic E-state index is 0.00504. The molecule has 0 spiro atoms. The summed E-state index contributed by atoms with van der Waals surface area (Å²) in [7, 11) is 0. The summed E-state index contributed by atoms with van der Waals surface area (Å²) in [5, 5.41) is 18.1. The number of nitriles is 1. The zero-order valence-corrected chi connectivity index (χ0v) is 17.0. The van der Waals surface area contributed by atoms with Crippen molar-refractivity contribution in [1.82, 2.24) is 9.97 Å². The van der Waals surface area contributed by atoms with Gasteiger partial charge in [-0.05, 0) is 12.1 Å². The first-order valence-corrected chi connectivity index (χ1v) is 9.45. The van der Waals surface area contributed by atoms with Gasteiger partial charge in [0.1, 0.15) is 23.9 Å². The Morgan fingerprint density at radius 2 is 2.04 bits per heavy atom. The van der Waals surface area contributed by atoms with Gasteiger partial charge in [-0.25, -0.2) is 15.0 Å². The Balaban J connectivity index is 2.42. The van der Waals surface area contributed by atoms with E-state index in [4.69, 9.17) is 51.7 Å². The Morgan fingerprint density at radius 3 is 2.68 bits per heavy atom. The molecular weight excluding hydrogens is 441 g/mol. The van der Waals surface area contributed by atoms with Crippen LogP contribution in [0.2, 0.25) is 15.1 Å². The summed E-state index contributed by atoms with van der Waals surface area (Å²) in [6, 6.07) is 7.03. The van der Waals surface area contributed by atoms with Gasteiger partial charge < -0.3 is 11.5 Å². The lowest BCUT2D eigenvalue weighted by molar-refractivity contribution is 1.19. The molecule has 0 atom stereocenters. The number of amidine groups is 1. The van der Waals surface area contributed by atoms with Crippen LogP contribution in [-0.2, 0) is 0 Å². The summed E-state index contributed by atoms with van der Waals surface area (Å²) in [5.74, 6) is 0.0485. The molecule has 140 valence electrons. The van der Waals surface area contributed by atoms with Crippen molar-refractivity contribution < 1.29 is 0 Å². The second-order valence-corrected chi connectivity index (χ2v) is 7.59. The molecule has 2 aromatic heterocycles. The highest BCUT2D eigenvalue weighted by atomic mass is 35.5. The van der Waals surface area contributed by atoms with E-state index in [0.29, 0.717) is 30.9 Å². The number of hydrogen-bond acceptors (Lipinski definition) is 6. The molecule has 0 bridgehead atoms. The van der Waals surface area contributed by atoms with Crippen molar-refractivity contribution in [1.29, 1.82) is 10.7 Å². The predicted octanol–water partition coefficient (Wildman–Crippen LogP) is 4.60. The van der Waals surface area contributed by atoms with Gasteiger partial charge in [-0.2, -0.15) is 5.26 Å². The Labute approximate surface area is 178 Å². The molecule has 11 heteroatoms. The Bertz CT molecular complexity index is 1160. The SMILES string of the molecule is N#Cc1c(-c2nc(N)ncc2Cl)sc(C(N)=NC=N)c1-c1ccc(Cl)cc1Cl. The molecule has 2 heterocycles. The number of aromatic nitrogens is 2. The summed E-state index contributed by atoms with van der Waals surface area (Å²) >= 11 is 19.7. The quantitative estimate of drug-likeness (QED) is 0.394. The molecule has 0 unspecified atom stereocenters. The number of rotatable bonds is 4. The molecule has 0 radical (unpaired) electrons. The minimum Gasteiger partial charge on any atom is -0.382 e. The normalized spacial score (nSPS) is 11.3. The van der Waals surface area contributed by atoms with Gasteiger partial charge in [-0.3, -0.25) is 5.41 Å². The highest BCUT2D eigenvalue weighted by molar-refractivity contribution is 7.18. The van der Waals surface area contributed by atoms with E-state index in [1.807, 2.05) is 0 Å². The van der Waals surface area contributed by atoms with E-state index < -0.39 is 0 Å². The number of hydrogen-bond donors (Lipinski definition) is 3. The van der Waals surface area contributed by atoms with Crippen LogP contribution >= 0.6 is 46.1 Å². The zero-order chi connectivity index (χ0) is 20.4. The van der Waals surface area contributed by atoms with Crippen LogP contribution in [0.3, 0.4) is 0 Å². The van der Waals surface area contributed by atoms with Crippen LogP contribution in [0.25, 0.3) is 21.7 Å². The van der Waals surface area contributed by atoms with Gasteiger partial charge in [-0.1, -0.05) is 40.9 Å². The number of benzene rings is 1. The van der Waals surface area contributed by atoms with Crippen LogP contribution in [0.5, 0.6) is 0 Å². The number of thiophene rings is 1. The lowest BCUT2D eigenvalue weighted by Gasteiger charge is -2.07. The second-order valence-electron chi connectivity index (χ2n) is 5.31. The van der Waals surface area contributed by atoms with E-state index >= 15 is 0 Å². The van der Waals surface area contributed by atoms with Crippen molar-refractivity contribution in [2.45, 2.75) is 0 Å². The third kappa shape index (κ3) is 3.66. The van der Waals surface area contributed by atoms with Crippen molar-refractivity contribution in [2.24, 2.45) is 10.7 Å². The largest absolute Gasteiger partial charge is 0.382 e. The topological polar surface area (TPSA) is 138 Å². The van der Waals surface area contributed by atoms with E-state index in [1.54, 1.807) is 18.2 Å². The van der Waals surface area contributed by atoms with Gasteiger partial charge in [-0.15, -0.1) is 11.3 Å². The number of nitrogens with zero attached hydrogens (tertiary/aromatic N) is 4. The van der Waals surface area contributed by atoms with Crippen LogP contribution in [0, 0.1) is 16.7 Å². The van der Waals surface area contributed by atoms with Gasteiger partial charge in [0.25, 0.3) is 0 Å². The molecule has 0 aliphatic rings. The molecule has 28 heavy (non-hydrogen) atoms. The standard InChI is InChI=1S/C17H10Cl3N7S/c18-7-1-2-8(10(19)3-7)12-9(4-21)14(28-15(12)16(23)26-6-22)13-11(20)5-25-17(24)27-13/h1-3,5-6H,(H3,22,23,26)(H2,24,25,27). The maximum atomic E-state index is 9.90. The van der Waals surface area contributed by atoms with Gasteiger partial charge in [0.2, 0.25) is 5.95 Å². The lowest BCUT2D eigenvalue weighted by Crippen LogP contribution is -2.12. The molecule has 3 aromatic rings. The average molecular weight is 451 g/mol. The zero-order valence-electron chi connectivity index (χ0n) is 13.9. The molecule has 3 rings (SSSR count). The van der Waals surface area contributed by atoms with Crippen LogP contribution in [0.1, 0.15) is 10.4 Å². The van der Waals surface area contributed by atoms with E-state index in [1.165, 1.54) is 6.20 Å². The molecule has 0 saturated heterocycles. The van der Waals surface area contributed by atoms with Crippen LogP contribution in [0.15, 0.2) is 29.4 Å². The van der Waals surface area contributed by atoms with Crippen LogP contribution < -0.4 is 11.5 Å². The number of halogens is 3. The van der Waals surface area contributed by atoms with Crippen molar-refractivity contribution in [3.05, 3.63) is 49.9 Å². The van der Waals surface area contributed by atoms with Crippen molar-refractivity contribution in [3.8, 4) is 27.8 Å². The first-order chi connectivity index (χ1) is 13.4. The maximum absolute atomic E-state index is 9.90. The molecule has 0 aliphatic heterocycles. The van der Waals surface area contributed by atoms with E-state index in [-0.39, 0.29) is 28.1 Å². The molecule has 0 aliphatic carbocycles. The van der Waals surface area contributed by atoms with E-state index in [2.05, 4.69) is 21.0 Å². The van der Waals surface area contributed by atoms with E-state index in [0.717, 1.165) is 17.7 Å². The number of anilines is 1. The van der Waals surface area contributed by atoms with Crippen molar-refractivity contribution in [2.75, 3.05) is 5.73 Å². The fourth-order valence-electron chi connectivity index (χ4n) is 2.50. The summed E-state index contributed by atoms with van der Waals surface area (Å²) in [6.45, 7) is 0. The first kappa shape index (κ1) is 20.0. The monoisotopic (exact) mass is 449 g/mol. The fraction of sp³-hybridized carbons (Fsp3) is 0. The summed E-state index contributed by atoms with van der Waals surface area (Å²) in [6.07, 6.45) is 2.16. The number of nitrogens with one attached hydrogen (secondary N) is 1. The highest BCUT2D eigenvalue weighted by Gasteiger charge is 2.26. The Morgan fingerprint density at radius 1 is 1.29 bits per heavy atom. The number of aliphatic imine (C=N–C) groups is 1. The summed E-state index contributed by atoms with van der Waals surface area (Å²) in [5.41, 5.74) is 13.2. The second kappa shape index (κ2) is 8.12. The van der Waals surface area contributed by atoms with E-state index in [9.17, 15) is 5.26 Å². The van der Waals surface area contributed by atoms with Gasteiger partial charge in [0.15, 0.2) is 0 Å². The highest BCUT2D eigenvalue weighted by Crippen LogP contribution is 2.45. The number of nitrogens with two attached hydrogens (primary N) is 2. The molecule has 0 saturated carbocycles. The summed E-state index contributed by atoms with van der Waals surface area (Å²) < 4.78 is 0. The Kier molecular flexibility index (Phi) is 5.82. The summed E-state index contributed by atoms with van der Waals surface area (Å²) in [4.78, 5) is 12.7. The van der Waals surface area contributed by atoms with Gasteiger partial charge in [0.05, 0.1) is 26.5 Å². The van der Waals surface area contributed by atoms with Crippen LogP contribution in [-0.4, -0.2) is 22.1 Å². The third-order valence-electron chi connectivity index (χ3n) is 3.63. The lowest BCUT2D eigenvalue weighted by atomic mass is 9.99. The predicted molar refractivity (Wildman–Crippen MR) is 114 cm³/mol. The molecule has 1 aromatic carbocycles. The third-order valence-corrected chi connectivity index (χ3v) is 5.68. The fourth-order valence-corrected chi connectivity index (χ4v) is 4.42. The number of nitrogen functional groups attached to an aromatic ring is 1.